The van der Waals surface area contributed by atoms with E-state index in [1.165, 1.54) is 49.8 Å². The molecule has 0 radical (unpaired) electrons. The number of allylic oxidation sites excluding steroid dienone is 1. The predicted octanol–water partition coefficient (Wildman–Crippen LogP) is 7.57. The molecule has 0 heterocycles. The van der Waals surface area contributed by atoms with Gasteiger partial charge in [-0.2, -0.15) is 0 Å². The number of benzene rings is 2. The van der Waals surface area contributed by atoms with Crippen molar-refractivity contribution in [3.8, 4) is 11.1 Å². The number of ether oxygens (including phenoxy) is 1. The third-order valence-corrected chi connectivity index (χ3v) is 5.96. The van der Waals surface area contributed by atoms with Crippen LogP contribution in [-0.2, 0) is 11.3 Å². The third kappa shape index (κ3) is 5.63. The highest BCUT2D eigenvalue weighted by Crippen LogP contribution is 2.38. The van der Waals surface area contributed by atoms with Gasteiger partial charge in [-0.05, 0) is 79.2 Å². The lowest BCUT2D eigenvalue weighted by Gasteiger charge is -2.28. The highest BCUT2D eigenvalue weighted by molar-refractivity contribution is 5.64. The molecule has 0 amide bonds. The Morgan fingerprint density at radius 2 is 1.55 bits per heavy atom. The molecule has 1 nitrogen and oxygen atoms in total. The number of hydrogen-bond donors (Lipinski definition) is 0. The second kappa shape index (κ2) is 10.5. The molecule has 1 saturated carbocycles. The van der Waals surface area contributed by atoms with Crippen LogP contribution in [0.15, 0.2) is 61.7 Å². The average molecular weight is 397 g/mol. The lowest BCUT2D eigenvalue weighted by Crippen LogP contribution is -2.13. The first-order valence-corrected chi connectivity index (χ1v) is 10.5. The summed E-state index contributed by atoms with van der Waals surface area (Å²) in [4.78, 5) is 0. The van der Waals surface area contributed by atoms with E-state index in [1.54, 1.807) is 6.08 Å². The molecule has 2 aromatic carbocycles. The van der Waals surface area contributed by atoms with Crippen LogP contribution in [0.25, 0.3) is 11.1 Å². The lowest BCUT2D eigenvalue weighted by atomic mass is 9.77. The summed E-state index contributed by atoms with van der Waals surface area (Å²) in [6, 6.07) is 10.9. The Bertz CT molecular complexity index is 794. The maximum atomic E-state index is 14.4. The van der Waals surface area contributed by atoms with Gasteiger partial charge in [0, 0.05) is 5.56 Å². The van der Waals surface area contributed by atoms with Crippen molar-refractivity contribution in [3.05, 3.63) is 84.5 Å². The molecule has 0 unspecified atom stereocenters. The molecule has 0 aromatic heterocycles. The maximum absolute atomic E-state index is 14.4. The third-order valence-electron chi connectivity index (χ3n) is 5.96. The van der Waals surface area contributed by atoms with Crippen LogP contribution in [0.3, 0.4) is 0 Å². The van der Waals surface area contributed by atoms with Gasteiger partial charge in [-0.25, -0.2) is 8.78 Å². The van der Waals surface area contributed by atoms with Crippen molar-refractivity contribution in [2.24, 2.45) is 5.92 Å². The molecule has 3 heteroatoms. The van der Waals surface area contributed by atoms with Gasteiger partial charge in [0.15, 0.2) is 0 Å². The lowest BCUT2D eigenvalue weighted by molar-refractivity contribution is 0.143. The fraction of sp³-hybridized carbons (Fsp3) is 0.385. The Morgan fingerprint density at radius 3 is 2.14 bits per heavy atom. The SMILES string of the molecule is C=CCC[C@H]1CC[C@H](c2ccc(-c3cc(F)c(COCC=C)c(F)c3)cc2)CC1. The topological polar surface area (TPSA) is 9.23 Å². The highest BCUT2D eigenvalue weighted by Gasteiger charge is 2.22. The molecule has 0 atom stereocenters. The summed E-state index contributed by atoms with van der Waals surface area (Å²) in [5.74, 6) is 0.252. The first-order chi connectivity index (χ1) is 14.1. The van der Waals surface area contributed by atoms with Gasteiger partial charge in [-0.15, -0.1) is 13.2 Å². The minimum Gasteiger partial charge on any atom is -0.373 e. The standard InChI is InChI=1S/C26H30F2O/c1-3-5-6-19-7-9-20(10-8-19)21-11-13-22(14-12-21)23-16-25(27)24(26(28)17-23)18-29-15-4-2/h3-4,11-14,16-17,19-20H,1-2,5-10,15,18H2/t19-,20-. The van der Waals surface area contributed by atoms with Gasteiger partial charge in [-0.3, -0.25) is 0 Å². The van der Waals surface area contributed by atoms with Gasteiger partial charge in [-0.1, -0.05) is 36.4 Å². The zero-order chi connectivity index (χ0) is 20.6. The Labute approximate surface area is 173 Å². The largest absolute Gasteiger partial charge is 0.373 e. The van der Waals surface area contributed by atoms with E-state index >= 15 is 0 Å². The zero-order valence-corrected chi connectivity index (χ0v) is 17.0. The van der Waals surface area contributed by atoms with Gasteiger partial charge in [0.05, 0.1) is 13.2 Å². The molecule has 1 aliphatic carbocycles. The summed E-state index contributed by atoms with van der Waals surface area (Å²) in [7, 11) is 0. The van der Waals surface area contributed by atoms with Crippen molar-refractivity contribution in [1.29, 1.82) is 0 Å². The van der Waals surface area contributed by atoms with Gasteiger partial charge in [0.1, 0.15) is 11.6 Å². The van der Waals surface area contributed by atoms with Crippen LogP contribution in [0.4, 0.5) is 8.78 Å². The molecular weight excluding hydrogens is 366 g/mol. The minimum atomic E-state index is -0.578. The van der Waals surface area contributed by atoms with Gasteiger partial charge in [0.25, 0.3) is 0 Å². The van der Waals surface area contributed by atoms with Crippen LogP contribution < -0.4 is 0 Å². The molecular formula is C26H30F2O. The van der Waals surface area contributed by atoms with Gasteiger partial charge in [0.2, 0.25) is 0 Å². The minimum absolute atomic E-state index is 0.0413. The molecule has 0 saturated heterocycles. The molecule has 1 aliphatic rings. The van der Waals surface area contributed by atoms with E-state index in [1.807, 2.05) is 18.2 Å². The van der Waals surface area contributed by atoms with Crippen molar-refractivity contribution in [1.82, 2.24) is 0 Å². The van der Waals surface area contributed by atoms with Crippen molar-refractivity contribution in [3.63, 3.8) is 0 Å². The van der Waals surface area contributed by atoms with Crippen molar-refractivity contribution in [2.75, 3.05) is 6.61 Å². The molecule has 3 rings (SSSR count). The summed E-state index contributed by atoms with van der Waals surface area (Å²) in [6.07, 6.45) is 10.9. The fourth-order valence-corrected chi connectivity index (χ4v) is 4.24. The van der Waals surface area contributed by atoms with E-state index in [0.717, 1.165) is 17.9 Å². The van der Waals surface area contributed by atoms with Crippen molar-refractivity contribution in [2.45, 2.75) is 51.0 Å². The molecule has 1 fully saturated rings. The van der Waals surface area contributed by atoms with Crippen molar-refractivity contribution < 1.29 is 13.5 Å². The van der Waals surface area contributed by atoms with Crippen LogP contribution in [0.5, 0.6) is 0 Å². The predicted molar refractivity (Wildman–Crippen MR) is 116 cm³/mol. The molecule has 154 valence electrons. The summed E-state index contributed by atoms with van der Waals surface area (Å²) in [5, 5.41) is 0. The molecule has 29 heavy (non-hydrogen) atoms. The molecule has 0 aliphatic heterocycles. The van der Waals surface area contributed by atoms with E-state index in [9.17, 15) is 8.78 Å². The first-order valence-electron chi connectivity index (χ1n) is 10.5. The summed E-state index contributed by atoms with van der Waals surface area (Å²) in [5.41, 5.74) is 2.66. The van der Waals surface area contributed by atoms with Crippen LogP contribution >= 0.6 is 0 Å². The van der Waals surface area contributed by atoms with E-state index in [0.29, 0.717) is 11.5 Å². The van der Waals surface area contributed by atoms with Gasteiger partial charge < -0.3 is 4.74 Å². The molecule has 0 spiro atoms. The van der Waals surface area contributed by atoms with E-state index in [-0.39, 0.29) is 18.8 Å². The summed E-state index contributed by atoms with van der Waals surface area (Å²) in [6.45, 7) is 7.51. The van der Waals surface area contributed by atoms with E-state index < -0.39 is 11.6 Å². The second-order valence-corrected chi connectivity index (χ2v) is 7.93. The number of halogens is 2. The maximum Gasteiger partial charge on any atom is 0.132 e. The van der Waals surface area contributed by atoms with Crippen LogP contribution in [0.2, 0.25) is 0 Å². The quantitative estimate of drug-likeness (QED) is 0.314. The molecule has 0 N–H and O–H groups in total. The summed E-state index contributed by atoms with van der Waals surface area (Å²) < 4.78 is 33.9. The van der Waals surface area contributed by atoms with Crippen molar-refractivity contribution >= 4 is 0 Å². The Balaban J connectivity index is 1.66. The smallest absolute Gasteiger partial charge is 0.132 e. The second-order valence-electron chi connectivity index (χ2n) is 7.93. The fourth-order valence-electron chi connectivity index (χ4n) is 4.24. The molecule has 2 aromatic rings. The Kier molecular flexibility index (Phi) is 7.76. The number of rotatable bonds is 9. The Hall–Kier alpha value is -2.26. The Morgan fingerprint density at radius 1 is 0.897 bits per heavy atom. The van der Waals surface area contributed by atoms with Crippen LogP contribution in [-0.4, -0.2) is 6.61 Å². The number of hydrogen-bond acceptors (Lipinski definition) is 1. The van der Waals surface area contributed by atoms with Gasteiger partial charge >= 0.3 is 0 Å². The monoisotopic (exact) mass is 396 g/mol. The highest BCUT2D eigenvalue weighted by atomic mass is 19.1. The first kappa shape index (κ1) is 21.4. The zero-order valence-electron chi connectivity index (χ0n) is 17.0. The van der Waals surface area contributed by atoms with Crippen LogP contribution in [0, 0.1) is 17.6 Å². The normalized spacial score (nSPS) is 19.1. The average Bonchev–Trinajstić information content (AvgIpc) is 2.74. The van der Waals surface area contributed by atoms with E-state index in [2.05, 4.69) is 25.3 Å². The molecule has 0 bridgehead atoms. The van der Waals surface area contributed by atoms with E-state index in [4.69, 9.17) is 4.74 Å². The summed E-state index contributed by atoms with van der Waals surface area (Å²) >= 11 is 0. The van der Waals surface area contributed by atoms with Crippen LogP contribution in [0.1, 0.15) is 55.6 Å².